The maximum Gasteiger partial charge on any atom is 0.408 e. The van der Waals surface area contributed by atoms with Crippen LogP contribution in [0.1, 0.15) is 39.4 Å². The molecule has 6 nitrogen and oxygen atoms in total. The van der Waals surface area contributed by atoms with E-state index in [1.54, 1.807) is 33.8 Å². The van der Waals surface area contributed by atoms with Gasteiger partial charge in [0.2, 0.25) is 0 Å². The van der Waals surface area contributed by atoms with E-state index in [9.17, 15) is 14.7 Å². The predicted molar refractivity (Wildman–Crippen MR) is 91.2 cm³/mol. The maximum absolute atomic E-state index is 12.1. The highest BCUT2D eigenvalue weighted by Gasteiger charge is 2.34. The fraction of sp³-hybridized carbons (Fsp3) is 0.500. The summed E-state index contributed by atoms with van der Waals surface area (Å²) in [5, 5.41) is 13.2. The van der Waals surface area contributed by atoms with Crippen molar-refractivity contribution >= 4 is 35.3 Å². The van der Waals surface area contributed by atoms with Crippen LogP contribution in [-0.4, -0.2) is 35.4 Å². The molecule has 0 aliphatic heterocycles. The number of rotatable bonds is 5. The van der Waals surface area contributed by atoms with Gasteiger partial charge < -0.3 is 19.9 Å². The van der Waals surface area contributed by atoms with Gasteiger partial charge in [0.1, 0.15) is 11.7 Å². The minimum Gasteiger partial charge on any atom is -0.464 e. The highest BCUT2D eigenvalue weighted by atomic mass is 35.5. The van der Waals surface area contributed by atoms with E-state index in [0.717, 1.165) is 0 Å². The molecule has 24 heavy (non-hydrogen) atoms. The van der Waals surface area contributed by atoms with Crippen LogP contribution in [0.2, 0.25) is 10.0 Å². The molecule has 2 atom stereocenters. The third-order valence-electron chi connectivity index (χ3n) is 2.82. The summed E-state index contributed by atoms with van der Waals surface area (Å²) in [6.07, 6.45) is -2.37. The van der Waals surface area contributed by atoms with Gasteiger partial charge in [-0.05, 0) is 39.8 Å². The third-order valence-corrected chi connectivity index (χ3v) is 3.48. The maximum atomic E-state index is 12.1. The van der Waals surface area contributed by atoms with Crippen molar-refractivity contribution in [2.24, 2.45) is 0 Å². The van der Waals surface area contributed by atoms with Crippen molar-refractivity contribution in [1.82, 2.24) is 5.32 Å². The van der Waals surface area contributed by atoms with E-state index in [4.69, 9.17) is 32.7 Å². The number of carbonyl (C=O) groups is 2. The summed E-state index contributed by atoms with van der Waals surface area (Å²) in [5.41, 5.74) is -0.647. The van der Waals surface area contributed by atoms with Crippen molar-refractivity contribution in [2.45, 2.75) is 45.4 Å². The zero-order valence-electron chi connectivity index (χ0n) is 13.9. The Balaban J connectivity index is 3.09. The molecule has 0 heterocycles. The second kappa shape index (κ2) is 8.55. The molecule has 1 aromatic rings. The molecule has 0 aliphatic rings. The van der Waals surface area contributed by atoms with Crippen LogP contribution in [0, 0.1) is 0 Å². The number of hydrogen-bond donors (Lipinski definition) is 2. The van der Waals surface area contributed by atoms with Crippen molar-refractivity contribution < 1.29 is 24.2 Å². The van der Waals surface area contributed by atoms with Gasteiger partial charge in [-0.2, -0.15) is 0 Å². The lowest BCUT2D eigenvalue weighted by Gasteiger charge is -2.26. The summed E-state index contributed by atoms with van der Waals surface area (Å²) in [5.74, 6) is -0.827. The molecule has 1 amide bonds. The molecular formula is C16H21Cl2NO5. The monoisotopic (exact) mass is 377 g/mol. The minimum atomic E-state index is -1.50. The van der Waals surface area contributed by atoms with Crippen molar-refractivity contribution in [3.63, 3.8) is 0 Å². The molecule has 0 aliphatic carbocycles. The van der Waals surface area contributed by atoms with Crippen LogP contribution in [0.15, 0.2) is 18.2 Å². The Hall–Kier alpha value is -1.50. The van der Waals surface area contributed by atoms with Crippen molar-refractivity contribution in [2.75, 3.05) is 6.61 Å². The van der Waals surface area contributed by atoms with E-state index in [1.165, 1.54) is 12.1 Å². The van der Waals surface area contributed by atoms with E-state index < -0.39 is 29.8 Å². The largest absolute Gasteiger partial charge is 0.464 e. The average molecular weight is 378 g/mol. The molecule has 0 saturated heterocycles. The summed E-state index contributed by atoms with van der Waals surface area (Å²) in [6, 6.07) is 3.21. The molecule has 0 bridgehead atoms. The second-order valence-electron chi connectivity index (χ2n) is 5.96. The van der Waals surface area contributed by atoms with E-state index in [2.05, 4.69) is 5.32 Å². The topological polar surface area (TPSA) is 84.9 Å². The van der Waals surface area contributed by atoms with Gasteiger partial charge in [0, 0.05) is 15.6 Å². The number of carbonyl (C=O) groups excluding carboxylic acids is 2. The SMILES string of the molecule is CCOC(=O)[C@H](NC(=O)OC(C)(C)C)[C@@H](O)c1c(Cl)cccc1Cl. The van der Waals surface area contributed by atoms with Crippen LogP contribution in [0.3, 0.4) is 0 Å². The van der Waals surface area contributed by atoms with Gasteiger partial charge in [0.05, 0.1) is 6.61 Å². The van der Waals surface area contributed by atoms with E-state index in [0.29, 0.717) is 0 Å². The van der Waals surface area contributed by atoms with Gasteiger partial charge >= 0.3 is 12.1 Å². The first-order chi connectivity index (χ1) is 11.1. The predicted octanol–water partition coefficient (Wildman–Crippen LogP) is 3.48. The Morgan fingerprint density at radius 1 is 1.25 bits per heavy atom. The highest BCUT2D eigenvalue weighted by Crippen LogP contribution is 2.32. The smallest absolute Gasteiger partial charge is 0.408 e. The molecule has 1 aromatic carbocycles. The van der Waals surface area contributed by atoms with Gasteiger partial charge in [-0.25, -0.2) is 9.59 Å². The lowest BCUT2D eigenvalue weighted by molar-refractivity contribution is -0.148. The molecular weight excluding hydrogens is 357 g/mol. The van der Waals surface area contributed by atoms with Gasteiger partial charge in [-0.1, -0.05) is 29.3 Å². The van der Waals surface area contributed by atoms with Gasteiger partial charge in [0.25, 0.3) is 0 Å². The van der Waals surface area contributed by atoms with Gasteiger partial charge in [-0.3, -0.25) is 0 Å². The number of aliphatic hydroxyl groups is 1. The first kappa shape index (κ1) is 20.5. The Labute approximate surface area is 151 Å². The lowest BCUT2D eigenvalue weighted by Crippen LogP contribution is -2.47. The molecule has 0 aromatic heterocycles. The number of alkyl carbamates (subject to hydrolysis) is 1. The molecule has 0 radical (unpaired) electrons. The first-order valence-corrected chi connectivity index (χ1v) is 8.10. The first-order valence-electron chi connectivity index (χ1n) is 7.35. The number of hydrogen-bond acceptors (Lipinski definition) is 5. The molecule has 8 heteroatoms. The van der Waals surface area contributed by atoms with Crippen LogP contribution in [0.4, 0.5) is 4.79 Å². The van der Waals surface area contributed by atoms with Crippen molar-refractivity contribution in [1.29, 1.82) is 0 Å². The molecule has 0 fully saturated rings. The van der Waals surface area contributed by atoms with Crippen molar-refractivity contribution in [3.8, 4) is 0 Å². The molecule has 0 spiro atoms. The van der Waals surface area contributed by atoms with Gasteiger partial charge in [0.15, 0.2) is 6.04 Å². The summed E-state index contributed by atoms with van der Waals surface area (Å²) < 4.78 is 10.0. The van der Waals surface area contributed by atoms with E-state index >= 15 is 0 Å². The van der Waals surface area contributed by atoms with E-state index in [-0.39, 0.29) is 22.2 Å². The highest BCUT2D eigenvalue weighted by molar-refractivity contribution is 6.36. The minimum absolute atomic E-state index is 0.0777. The van der Waals surface area contributed by atoms with Crippen LogP contribution in [-0.2, 0) is 14.3 Å². The Morgan fingerprint density at radius 2 is 1.79 bits per heavy atom. The van der Waals surface area contributed by atoms with Gasteiger partial charge in [-0.15, -0.1) is 0 Å². The fourth-order valence-electron chi connectivity index (χ4n) is 1.89. The fourth-order valence-corrected chi connectivity index (χ4v) is 2.51. The number of nitrogens with one attached hydrogen (secondary N) is 1. The zero-order valence-corrected chi connectivity index (χ0v) is 15.4. The number of ether oxygens (including phenoxy) is 2. The molecule has 134 valence electrons. The number of halogens is 2. The van der Waals surface area contributed by atoms with Crippen LogP contribution < -0.4 is 5.32 Å². The normalized spacial score (nSPS) is 13.8. The zero-order chi connectivity index (χ0) is 18.5. The van der Waals surface area contributed by atoms with E-state index in [1.807, 2.05) is 0 Å². The Kier molecular flexibility index (Phi) is 7.32. The summed E-state index contributed by atoms with van der Waals surface area (Å²) in [7, 11) is 0. The number of benzene rings is 1. The quantitative estimate of drug-likeness (QED) is 0.767. The van der Waals surface area contributed by atoms with Crippen LogP contribution in [0.5, 0.6) is 0 Å². The summed E-state index contributed by atoms with van der Waals surface area (Å²) in [4.78, 5) is 24.1. The number of aliphatic hydroxyl groups excluding tert-OH is 1. The average Bonchev–Trinajstić information content (AvgIpc) is 2.42. The summed E-state index contributed by atoms with van der Waals surface area (Å²) >= 11 is 12.1. The number of esters is 1. The lowest BCUT2D eigenvalue weighted by atomic mass is 10.0. The third kappa shape index (κ3) is 5.85. The van der Waals surface area contributed by atoms with Crippen LogP contribution >= 0.6 is 23.2 Å². The Morgan fingerprint density at radius 3 is 2.25 bits per heavy atom. The second-order valence-corrected chi connectivity index (χ2v) is 6.77. The standard InChI is InChI=1S/C16H21Cl2NO5/c1-5-23-14(21)12(19-15(22)24-16(2,3)4)13(20)11-9(17)7-6-8-10(11)18/h6-8,12-13,20H,5H2,1-4H3,(H,19,22)/t12-,13+/m1/s1. The van der Waals surface area contributed by atoms with Crippen LogP contribution in [0.25, 0.3) is 0 Å². The molecule has 1 rings (SSSR count). The summed E-state index contributed by atoms with van der Waals surface area (Å²) in [6.45, 7) is 6.71. The molecule has 0 saturated carbocycles. The molecule has 0 unspecified atom stereocenters. The Bertz CT molecular complexity index is 580. The molecule has 2 N–H and O–H groups in total. The number of amides is 1. The van der Waals surface area contributed by atoms with Crippen molar-refractivity contribution in [3.05, 3.63) is 33.8 Å².